The van der Waals surface area contributed by atoms with E-state index < -0.39 is 0 Å². The molecule has 1 aliphatic rings. The summed E-state index contributed by atoms with van der Waals surface area (Å²) in [7, 11) is 0. The number of hydrogen-bond donors (Lipinski definition) is 1. The molecule has 1 fully saturated rings. The topological polar surface area (TPSA) is 46.4 Å². The molecular weight excluding hydrogens is 397 g/mol. The molecule has 0 aliphatic carbocycles. The van der Waals surface area contributed by atoms with E-state index in [1.54, 1.807) is 12.1 Å². The number of amides is 1. The zero-order valence-corrected chi connectivity index (χ0v) is 18.1. The molecule has 0 atom stereocenters. The Balaban J connectivity index is 1.65. The largest absolute Gasteiger partial charge is 0.318 e. The maximum absolute atomic E-state index is 13.1. The van der Waals surface area contributed by atoms with Gasteiger partial charge in [-0.2, -0.15) is 0 Å². The Morgan fingerprint density at radius 2 is 1.77 bits per heavy atom. The van der Waals surface area contributed by atoms with E-state index >= 15 is 0 Å². The Kier molecular flexibility index (Phi) is 5.35. The van der Waals surface area contributed by atoms with E-state index in [4.69, 9.17) is 0 Å². The fraction of sp³-hybridized carbons (Fsp3) is 0.167. The van der Waals surface area contributed by atoms with Gasteiger partial charge in [-0.3, -0.25) is 4.79 Å². The highest BCUT2D eigenvalue weighted by Gasteiger charge is 2.24. The van der Waals surface area contributed by atoms with Gasteiger partial charge in [0, 0.05) is 17.1 Å². The van der Waals surface area contributed by atoms with Crippen molar-refractivity contribution in [3.05, 3.63) is 87.3 Å². The van der Waals surface area contributed by atoms with Crippen LogP contribution in [0.2, 0.25) is 0 Å². The van der Waals surface area contributed by atoms with Gasteiger partial charge in [-0.25, -0.2) is 9.38 Å². The van der Waals surface area contributed by atoms with E-state index in [2.05, 4.69) is 66.8 Å². The SMILES string of the molecule is Cc1ccc(-n2c(C)cc(/C=C3/SC(=Nc4ccc(F)cc4)NC3=O)c2C)c(C)c1. The number of rotatable bonds is 3. The van der Waals surface area contributed by atoms with Crippen molar-refractivity contribution in [3.63, 3.8) is 0 Å². The standard InChI is InChI=1S/C24H22FN3OS/c1-14-5-10-21(15(2)11-14)28-16(3)12-18(17(28)4)13-22-23(29)27-24(30-22)26-20-8-6-19(25)7-9-20/h5-13H,1-4H3,(H,26,27,29)/b22-13+. The fourth-order valence-corrected chi connectivity index (χ4v) is 4.45. The van der Waals surface area contributed by atoms with Crippen molar-refractivity contribution in [1.82, 2.24) is 9.88 Å². The van der Waals surface area contributed by atoms with Crippen molar-refractivity contribution >= 4 is 34.6 Å². The van der Waals surface area contributed by atoms with Crippen LogP contribution >= 0.6 is 11.8 Å². The van der Waals surface area contributed by atoms with Crippen LogP contribution in [0.1, 0.15) is 28.1 Å². The van der Waals surface area contributed by atoms with Gasteiger partial charge >= 0.3 is 0 Å². The van der Waals surface area contributed by atoms with Gasteiger partial charge in [-0.15, -0.1) is 0 Å². The van der Waals surface area contributed by atoms with Crippen molar-refractivity contribution in [1.29, 1.82) is 0 Å². The maximum Gasteiger partial charge on any atom is 0.264 e. The molecule has 30 heavy (non-hydrogen) atoms. The number of nitrogens with zero attached hydrogens (tertiary/aromatic N) is 2. The van der Waals surface area contributed by atoms with Crippen LogP contribution in [-0.4, -0.2) is 15.6 Å². The monoisotopic (exact) mass is 419 g/mol. The van der Waals surface area contributed by atoms with Crippen LogP contribution in [0.25, 0.3) is 11.8 Å². The third kappa shape index (κ3) is 3.96. The van der Waals surface area contributed by atoms with E-state index in [9.17, 15) is 9.18 Å². The van der Waals surface area contributed by atoms with Gasteiger partial charge in [0.25, 0.3) is 5.91 Å². The molecule has 1 aromatic heterocycles. The predicted molar refractivity (Wildman–Crippen MR) is 122 cm³/mol. The van der Waals surface area contributed by atoms with Crippen molar-refractivity contribution in [2.24, 2.45) is 4.99 Å². The molecule has 2 heterocycles. The molecule has 1 amide bonds. The summed E-state index contributed by atoms with van der Waals surface area (Å²) in [4.78, 5) is 17.4. The molecule has 0 unspecified atom stereocenters. The quantitative estimate of drug-likeness (QED) is 0.550. The number of benzene rings is 2. The Labute approximate surface area is 179 Å². The summed E-state index contributed by atoms with van der Waals surface area (Å²) in [5.74, 6) is -0.501. The van der Waals surface area contributed by atoms with Gasteiger partial charge in [-0.05, 0) is 93.1 Å². The van der Waals surface area contributed by atoms with Gasteiger partial charge in [0.2, 0.25) is 0 Å². The number of aromatic nitrogens is 1. The summed E-state index contributed by atoms with van der Waals surface area (Å²) < 4.78 is 15.3. The number of carbonyl (C=O) groups excluding carboxylic acids is 1. The highest BCUT2D eigenvalue weighted by atomic mass is 32.2. The summed E-state index contributed by atoms with van der Waals surface area (Å²) in [6.07, 6.45) is 1.90. The first-order valence-electron chi connectivity index (χ1n) is 9.63. The van der Waals surface area contributed by atoms with Crippen LogP contribution in [0, 0.1) is 33.5 Å². The molecule has 0 saturated carbocycles. The lowest BCUT2D eigenvalue weighted by atomic mass is 10.1. The lowest BCUT2D eigenvalue weighted by Gasteiger charge is -2.13. The zero-order valence-electron chi connectivity index (χ0n) is 17.3. The average Bonchev–Trinajstić information content (AvgIpc) is 3.17. The van der Waals surface area contributed by atoms with E-state index in [0.29, 0.717) is 15.8 Å². The number of carbonyl (C=O) groups is 1. The van der Waals surface area contributed by atoms with Crippen molar-refractivity contribution in [2.45, 2.75) is 27.7 Å². The number of halogens is 1. The van der Waals surface area contributed by atoms with Crippen LogP contribution in [0.4, 0.5) is 10.1 Å². The van der Waals surface area contributed by atoms with E-state index in [-0.39, 0.29) is 11.7 Å². The minimum Gasteiger partial charge on any atom is -0.318 e. The summed E-state index contributed by atoms with van der Waals surface area (Å²) in [5.41, 5.74) is 7.34. The van der Waals surface area contributed by atoms with Crippen LogP contribution in [0.3, 0.4) is 0 Å². The average molecular weight is 420 g/mol. The lowest BCUT2D eigenvalue weighted by Crippen LogP contribution is -2.19. The lowest BCUT2D eigenvalue weighted by molar-refractivity contribution is -0.115. The molecule has 0 radical (unpaired) electrons. The molecule has 2 aromatic carbocycles. The predicted octanol–water partition coefficient (Wildman–Crippen LogP) is 5.74. The molecular formula is C24H22FN3OS. The minimum absolute atomic E-state index is 0.183. The number of aliphatic imine (C=N–C) groups is 1. The molecule has 1 aliphatic heterocycles. The molecule has 152 valence electrons. The highest BCUT2D eigenvalue weighted by molar-refractivity contribution is 8.18. The normalized spacial score (nSPS) is 16.5. The smallest absolute Gasteiger partial charge is 0.264 e. The first-order chi connectivity index (χ1) is 14.3. The van der Waals surface area contributed by atoms with Crippen LogP contribution in [0.15, 0.2) is 58.4 Å². The van der Waals surface area contributed by atoms with E-state index in [1.807, 2.05) is 6.08 Å². The van der Waals surface area contributed by atoms with Crippen molar-refractivity contribution in [3.8, 4) is 5.69 Å². The fourth-order valence-electron chi connectivity index (χ4n) is 3.62. The number of nitrogens with one attached hydrogen (secondary N) is 1. The third-order valence-corrected chi connectivity index (χ3v) is 5.97. The first-order valence-corrected chi connectivity index (χ1v) is 10.4. The van der Waals surface area contributed by atoms with E-state index in [1.165, 1.54) is 35.0 Å². The summed E-state index contributed by atoms with van der Waals surface area (Å²) in [6, 6.07) is 14.3. The Morgan fingerprint density at radius 1 is 1.03 bits per heavy atom. The molecule has 1 saturated heterocycles. The second-order valence-corrected chi connectivity index (χ2v) is 8.44. The molecule has 4 nitrogen and oxygen atoms in total. The van der Waals surface area contributed by atoms with Crippen molar-refractivity contribution < 1.29 is 9.18 Å². The maximum atomic E-state index is 13.1. The Bertz CT molecular complexity index is 1210. The van der Waals surface area contributed by atoms with Crippen molar-refractivity contribution in [2.75, 3.05) is 0 Å². The summed E-state index contributed by atoms with van der Waals surface area (Å²) >= 11 is 1.28. The summed E-state index contributed by atoms with van der Waals surface area (Å²) in [5, 5.41) is 3.27. The minimum atomic E-state index is -0.318. The van der Waals surface area contributed by atoms with E-state index in [0.717, 1.165) is 22.6 Å². The molecule has 0 bridgehead atoms. The molecule has 6 heteroatoms. The Morgan fingerprint density at radius 3 is 2.47 bits per heavy atom. The third-order valence-electron chi connectivity index (χ3n) is 5.06. The molecule has 0 spiro atoms. The van der Waals surface area contributed by atoms with Crippen LogP contribution < -0.4 is 5.32 Å². The molecule has 1 N–H and O–H groups in total. The second kappa shape index (κ2) is 7.95. The number of aryl methyl sites for hydroxylation is 3. The van der Waals surface area contributed by atoms with Gasteiger partial charge in [-0.1, -0.05) is 17.7 Å². The van der Waals surface area contributed by atoms with Crippen LogP contribution in [-0.2, 0) is 4.79 Å². The molecule has 4 rings (SSSR count). The van der Waals surface area contributed by atoms with Gasteiger partial charge in [0.1, 0.15) is 5.82 Å². The Hall–Kier alpha value is -3.12. The van der Waals surface area contributed by atoms with Crippen LogP contribution in [0.5, 0.6) is 0 Å². The summed E-state index contributed by atoms with van der Waals surface area (Å²) in [6.45, 7) is 8.32. The second-order valence-electron chi connectivity index (χ2n) is 7.41. The highest BCUT2D eigenvalue weighted by Crippen LogP contribution is 2.31. The van der Waals surface area contributed by atoms with Gasteiger partial charge < -0.3 is 9.88 Å². The molecule has 3 aromatic rings. The number of thioether (sulfide) groups is 1. The number of amidine groups is 1. The first kappa shape index (κ1) is 20.2. The zero-order chi connectivity index (χ0) is 21.4. The van der Waals surface area contributed by atoms with Gasteiger partial charge in [0.15, 0.2) is 5.17 Å². The number of hydrogen-bond acceptors (Lipinski definition) is 3. The van der Waals surface area contributed by atoms with Gasteiger partial charge in [0.05, 0.1) is 10.6 Å².